The maximum Gasteiger partial charge on any atom is 0.304 e. The summed E-state index contributed by atoms with van der Waals surface area (Å²) in [6.07, 6.45) is 0.147. The summed E-state index contributed by atoms with van der Waals surface area (Å²) in [6, 6.07) is 4.07. The zero-order valence-corrected chi connectivity index (χ0v) is 12.1. The molecule has 1 rings (SSSR count). The van der Waals surface area contributed by atoms with Gasteiger partial charge in [-0.25, -0.2) is 0 Å². The Bertz CT molecular complexity index is 371. The Morgan fingerprint density at radius 3 is 2.44 bits per heavy atom. The molecule has 0 amide bonds. The lowest BCUT2D eigenvalue weighted by Gasteiger charge is -2.07. The minimum absolute atomic E-state index is 0.147. The van der Waals surface area contributed by atoms with Gasteiger partial charge in [0.2, 0.25) is 0 Å². The molecule has 0 unspecified atom stereocenters. The number of rotatable bonds is 5. The number of aliphatic carboxylic acids is 1. The number of hydrogen-bond donors (Lipinski definition) is 2. The first-order valence-electron chi connectivity index (χ1n) is 4.87. The fourth-order valence-electron chi connectivity index (χ4n) is 1.23. The molecule has 0 aliphatic rings. The average Bonchev–Trinajstić information content (AvgIpc) is 2.20. The third-order valence-electron chi connectivity index (χ3n) is 2.19. The molecule has 2 N–H and O–H groups in total. The molecule has 0 aliphatic heterocycles. The van der Waals surface area contributed by atoms with Crippen LogP contribution in [0.4, 0.5) is 0 Å². The first kappa shape index (κ1) is 13.7. The molecule has 0 aromatic heterocycles. The summed E-state index contributed by atoms with van der Waals surface area (Å²) >= 11 is 6.95. The van der Waals surface area contributed by atoms with E-state index in [0.29, 0.717) is 13.1 Å². The highest BCUT2D eigenvalue weighted by Crippen LogP contribution is 2.26. The number of nitrogens with one attached hydrogen (secondary N) is 1. The van der Waals surface area contributed by atoms with Crippen LogP contribution >= 0.6 is 31.9 Å². The summed E-state index contributed by atoms with van der Waals surface area (Å²) in [7, 11) is 0. The van der Waals surface area contributed by atoms with Crippen LogP contribution in [0.25, 0.3) is 0 Å². The predicted octanol–water partition coefficient (Wildman–Crippen LogP) is 3.08. The minimum atomic E-state index is -0.779. The van der Waals surface area contributed by atoms with Crippen molar-refractivity contribution in [2.75, 3.05) is 6.54 Å². The molecule has 0 fully saturated rings. The molecule has 0 atom stereocenters. The molecule has 1 aromatic carbocycles. The lowest BCUT2D eigenvalue weighted by atomic mass is 10.1. The van der Waals surface area contributed by atoms with Gasteiger partial charge >= 0.3 is 5.97 Å². The molecular weight excluding hydrogens is 338 g/mol. The van der Waals surface area contributed by atoms with Gasteiger partial charge in [-0.1, -0.05) is 31.9 Å². The Labute approximate surface area is 111 Å². The number of halogens is 2. The second-order valence-corrected chi connectivity index (χ2v) is 5.21. The molecule has 0 heterocycles. The molecule has 0 radical (unpaired) electrons. The fraction of sp³-hybridized carbons (Fsp3) is 0.364. The van der Waals surface area contributed by atoms with Gasteiger partial charge in [0.25, 0.3) is 0 Å². The standard InChI is InChI=1S/C11H13Br2NO2/c1-7-9(12)4-8(5-10(7)13)6-14-3-2-11(15)16/h4-5,14H,2-3,6H2,1H3,(H,15,16). The van der Waals surface area contributed by atoms with Gasteiger partial charge in [0, 0.05) is 22.0 Å². The molecule has 0 spiro atoms. The van der Waals surface area contributed by atoms with E-state index in [1.165, 1.54) is 0 Å². The molecule has 0 saturated carbocycles. The summed E-state index contributed by atoms with van der Waals surface area (Å²) < 4.78 is 2.11. The zero-order chi connectivity index (χ0) is 12.1. The molecule has 5 heteroatoms. The van der Waals surface area contributed by atoms with E-state index < -0.39 is 5.97 Å². The summed E-state index contributed by atoms with van der Waals surface area (Å²) in [5, 5.41) is 11.6. The molecule has 3 nitrogen and oxygen atoms in total. The molecule has 16 heavy (non-hydrogen) atoms. The first-order valence-corrected chi connectivity index (χ1v) is 6.46. The van der Waals surface area contributed by atoms with Crippen LogP contribution in [-0.2, 0) is 11.3 Å². The maximum atomic E-state index is 10.3. The van der Waals surface area contributed by atoms with Crippen LogP contribution < -0.4 is 5.32 Å². The van der Waals surface area contributed by atoms with Gasteiger partial charge in [-0.2, -0.15) is 0 Å². The Morgan fingerprint density at radius 1 is 1.38 bits per heavy atom. The van der Waals surface area contributed by atoms with Crippen LogP contribution in [-0.4, -0.2) is 17.6 Å². The Hall–Kier alpha value is -0.390. The monoisotopic (exact) mass is 349 g/mol. The highest BCUT2D eigenvalue weighted by molar-refractivity contribution is 9.11. The van der Waals surface area contributed by atoms with E-state index in [9.17, 15) is 4.79 Å². The minimum Gasteiger partial charge on any atom is -0.481 e. The normalized spacial score (nSPS) is 10.4. The molecule has 1 aromatic rings. The van der Waals surface area contributed by atoms with Crippen molar-refractivity contribution in [3.63, 3.8) is 0 Å². The number of carboxylic acids is 1. The SMILES string of the molecule is Cc1c(Br)cc(CNCCC(=O)O)cc1Br. The van der Waals surface area contributed by atoms with Crippen LogP contribution in [0.1, 0.15) is 17.5 Å². The number of carboxylic acid groups (broad SMARTS) is 1. The lowest BCUT2D eigenvalue weighted by molar-refractivity contribution is -0.136. The van der Waals surface area contributed by atoms with Crippen molar-refractivity contribution < 1.29 is 9.90 Å². The topological polar surface area (TPSA) is 49.3 Å². The van der Waals surface area contributed by atoms with E-state index in [1.54, 1.807) is 0 Å². The fourth-order valence-corrected chi connectivity index (χ4v) is 2.51. The van der Waals surface area contributed by atoms with Crippen molar-refractivity contribution in [2.24, 2.45) is 0 Å². The number of carbonyl (C=O) groups is 1. The lowest BCUT2D eigenvalue weighted by Crippen LogP contribution is -2.17. The smallest absolute Gasteiger partial charge is 0.304 e. The highest BCUT2D eigenvalue weighted by atomic mass is 79.9. The second kappa shape index (κ2) is 6.37. The highest BCUT2D eigenvalue weighted by Gasteiger charge is 2.03. The van der Waals surface area contributed by atoms with Crippen molar-refractivity contribution in [2.45, 2.75) is 19.9 Å². The van der Waals surface area contributed by atoms with Crippen LogP contribution in [0.3, 0.4) is 0 Å². The molecule has 0 bridgehead atoms. The van der Waals surface area contributed by atoms with Crippen LogP contribution in [0.2, 0.25) is 0 Å². The molecule has 0 aliphatic carbocycles. The molecule has 0 saturated heterocycles. The maximum absolute atomic E-state index is 10.3. The third kappa shape index (κ3) is 4.23. The van der Waals surface area contributed by atoms with Gasteiger partial charge in [0.05, 0.1) is 6.42 Å². The summed E-state index contributed by atoms with van der Waals surface area (Å²) in [5.41, 5.74) is 2.28. The quantitative estimate of drug-likeness (QED) is 0.802. The average molecular weight is 351 g/mol. The van der Waals surface area contributed by atoms with Crippen LogP contribution in [0.5, 0.6) is 0 Å². The van der Waals surface area contributed by atoms with Gasteiger partial charge in [0.1, 0.15) is 0 Å². The summed E-state index contributed by atoms with van der Waals surface area (Å²) in [4.78, 5) is 10.3. The van der Waals surface area contributed by atoms with E-state index in [4.69, 9.17) is 5.11 Å². The van der Waals surface area contributed by atoms with Crippen LogP contribution in [0, 0.1) is 6.92 Å². The first-order chi connectivity index (χ1) is 7.50. The largest absolute Gasteiger partial charge is 0.481 e. The van der Waals surface area contributed by atoms with Crippen molar-refractivity contribution in [3.8, 4) is 0 Å². The Balaban J connectivity index is 2.52. The van der Waals surface area contributed by atoms with E-state index in [0.717, 1.165) is 20.1 Å². The van der Waals surface area contributed by atoms with Gasteiger partial charge in [0.15, 0.2) is 0 Å². The zero-order valence-electron chi connectivity index (χ0n) is 8.89. The molecular formula is C11H13Br2NO2. The van der Waals surface area contributed by atoms with Crippen molar-refractivity contribution >= 4 is 37.8 Å². The van der Waals surface area contributed by atoms with Gasteiger partial charge < -0.3 is 10.4 Å². The summed E-state index contributed by atoms with van der Waals surface area (Å²) in [6.45, 7) is 3.18. The summed E-state index contributed by atoms with van der Waals surface area (Å²) in [5.74, 6) is -0.779. The number of benzene rings is 1. The Kier molecular flexibility index (Phi) is 5.44. The van der Waals surface area contributed by atoms with Crippen molar-refractivity contribution in [3.05, 3.63) is 32.2 Å². The van der Waals surface area contributed by atoms with E-state index >= 15 is 0 Å². The third-order valence-corrected chi connectivity index (χ3v) is 3.83. The molecule has 88 valence electrons. The Morgan fingerprint density at radius 2 is 1.94 bits per heavy atom. The van der Waals surface area contributed by atoms with Gasteiger partial charge in [-0.05, 0) is 30.2 Å². The van der Waals surface area contributed by atoms with Crippen molar-refractivity contribution in [1.82, 2.24) is 5.32 Å². The van der Waals surface area contributed by atoms with Crippen LogP contribution in [0.15, 0.2) is 21.1 Å². The second-order valence-electron chi connectivity index (χ2n) is 3.50. The predicted molar refractivity (Wildman–Crippen MR) is 70.5 cm³/mol. The van der Waals surface area contributed by atoms with E-state index in [-0.39, 0.29) is 6.42 Å². The van der Waals surface area contributed by atoms with E-state index in [2.05, 4.69) is 37.2 Å². The van der Waals surface area contributed by atoms with Gasteiger partial charge in [-0.15, -0.1) is 0 Å². The van der Waals surface area contributed by atoms with Crippen molar-refractivity contribution in [1.29, 1.82) is 0 Å². The van der Waals surface area contributed by atoms with E-state index in [1.807, 2.05) is 19.1 Å². The number of hydrogen-bond acceptors (Lipinski definition) is 2. The van der Waals surface area contributed by atoms with Gasteiger partial charge in [-0.3, -0.25) is 4.79 Å².